The van der Waals surface area contributed by atoms with Crippen molar-refractivity contribution in [2.45, 2.75) is 45.7 Å². The van der Waals surface area contributed by atoms with Gasteiger partial charge in [-0.05, 0) is 42.7 Å². The van der Waals surface area contributed by atoms with Crippen LogP contribution in [0.2, 0.25) is 0 Å². The number of hydrogen-bond acceptors (Lipinski definition) is 3. The minimum atomic E-state index is 0.0396. The zero-order valence-corrected chi connectivity index (χ0v) is 14.1. The Morgan fingerprint density at radius 3 is 2.87 bits per heavy atom. The van der Waals surface area contributed by atoms with Crippen LogP contribution in [0.5, 0.6) is 0 Å². The highest BCUT2D eigenvalue weighted by atomic mass is 16.5. The molecule has 1 saturated carbocycles. The summed E-state index contributed by atoms with van der Waals surface area (Å²) in [6, 6.07) is 6.19. The van der Waals surface area contributed by atoms with Gasteiger partial charge in [-0.15, -0.1) is 0 Å². The zero-order valence-electron chi connectivity index (χ0n) is 14.1. The molecule has 3 rings (SSSR count). The lowest BCUT2D eigenvalue weighted by Crippen LogP contribution is -2.44. The van der Waals surface area contributed by atoms with E-state index in [4.69, 9.17) is 4.74 Å². The Hall–Kier alpha value is -1.62. The van der Waals surface area contributed by atoms with E-state index in [0.717, 1.165) is 44.7 Å². The molecule has 2 heterocycles. The topological polar surface area (TPSA) is 54.5 Å². The number of carbonyl (C=O) groups is 1. The number of hydrogen-bond donors (Lipinski definition) is 1. The van der Waals surface area contributed by atoms with Gasteiger partial charge in [0.05, 0.1) is 12.2 Å². The molecule has 1 aromatic heterocycles. The lowest BCUT2D eigenvalue weighted by molar-refractivity contribution is 0.0543. The van der Waals surface area contributed by atoms with Crippen molar-refractivity contribution in [1.82, 2.24) is 15.2 Å². The van der Waals surface area contributed by atoms with E-state index in [9.17, 15) is 4.79 Å². The highest BCUT2D eigenvalue weighted by molar-refractivity contribution is 5.75. The van der Waals surface area contributed by atoms with E-state index in [0.29, 0.717) is 23.9 Å². The number of nitrogens with one attached hydrogen (secondary N) is 1. The molecule has 1 N–H and O–H groups in total. The predicted molar refractivity (Wildman–Crippen MR) is 88.9 cm³/mol. The highest BCUT2D eigenvalue weighted by Crippen LogP contribution is 2.53. The van der Waals surface area contributed by atoms with E-state index in [1.165, 1.54) is 0 Å². The fraction of sp³-hybridized carbons (Fsp3) is 0.667. The second-order valence-electron chi connectivity index (χ2n) is 7.28. The SMILES string of the molecule is CC(C)CN(Cc1ccccn1)C(=O)NC1CC12CCOCC2. The molecule has 2 fully saturated rings. The van der Waals surface area contributed by atoms with Gasteiger partial charge in [0.1, 0.15) is 0 Å². The molecular weight excluding hydrogens is 290 g/mol. The number of urea groups is 1. The Balaban J connectivity index is 1.59. The van der Waals surface area contributed by atoms with Crippen molar-refractivity contribution in [1.29, 1.82) is 0 Å². The van der Waals surface area contributed by atoms with E-state index >= 15 is 0 Å². The Kier molecular flexibility index (Phi) is 4.85. The van der Waals surface area contributed by atoms with Gasteiger partial charge in [-0.3, -0.25) is 4.98 Å². The summed E-state index contributed by atoms with van der Waals surface area (Å²) in [5.41, 5.74) is 1.24. The summed E-state index contributed by atoms with van der Waals surface area (Å²) in [5.74, 6) is 0.431. The number of carbonyl (C=O) groups excluding carboxylic acids is 1. The van der Waals surface area contributed by atoms with Gasteiger partial charge in [-0.25, -0.2) is 4.79 Å². The number of aromatic nitrogens is 1. The van der Waals surface area contributed by atoms with Gasteiger partial charge in [-0.1, -0.05) is 19.9 Å². The first-order chi connectivity index (χ1) is 11.1. The fourth-order valence-electron chi connectivity index (χ4n) is 3.47. The summed E-state index contributed by atoms with van der Waals surface area (Å²) in [4.78, 5) is 19.0. The summed E-state index contributed by atoms with van der Waals surface area (Å²) >= 11 is 0. The van der Waals surface area contributed by atoms with Crippen LogP contribution in [0, 0.1) is 11.3 Å². The van der Waals surface area contributed by atoms with Crippen molar-refractivity contribution in [3.63, 3.8) is 0 Å². The molecule has 1 unspecified atom stereocenters. The van der Waals surface area contributed by atoms with Crippen LogP contribution < -0.4 is 5.32 Å². The molecule has 2 amide bonds. The predicted octanol–water partition coefficient (Wildman–Crippen LogP) is 2.82. The zero-order chi connectivity index (χ0) is 16.3. The maximum Gasteiger partial charge on any atom is 0.317 e. The highest BCUT2D eigenvalue weighted by Gasteiger charge is 2.55. The Morgan fingerprint density at radius 2 is 2.22 bits per heavy atom. The number of nitrogens with zero attached hydrogens (tertiary/aromatic N) is 2. The average Bonchev–Trinajstić information content (AvgIpc) is 3.18. The van der Waals surface area contributed by atoms with Crippen molar-refractivity contribution < 1.29 is 9.53 Å². The fourth-order valence-corrected chi connectivity index (χ4v) is 3.47. The van der Waals surface area contributed by atoms with Crippen molar-refractivity contribution >= 4 is 6.03 Å². The van der Waals surface area contributed by atoms with E-state index in [1.54, 1.807) is 6.20 Å². The minimum absolute atomic E-state index is 0.0396. The van der Waals surface area contributed by atoms with Gasteiger partial charge in [0, 0.05) is 32.0 Å². The largest absolute Gasteiger partial charge is 0.381 e. The Labute approximate surface area is 138 Å². The lowest BCUT2D eigenvalue weighted by atomic mass is 9.96. The molecule has 126 valence electrons. The molecule has 23 heavy (non-hydrogen) atoms. The third kappa shape index (κ3) is 4.02. The smallest absolute Gasteiger partial charge is 0.317 e. The molecule has 0 aromatic carbocycles. The molecule has 1 aliphatic heterocycles. The van der Waals surface area contributed by atoms with Crippen LogP contribution in [0.25, 0.3) is 0 Å². The van der Waals surface area contributed by atoms with Crippen molar-refractivity contribution in [3.05, 3.63) is 30.1 Å². The monoisotopic (exact) mass is 317 g/mol. The quantitative estimate of drug-likeness (QED) is 0.908. The lowest BCUT2D eigenvalue weighted by Gasteiger charge is -2.27. The van der Waals surface area contributed by atoms with E-state index in [1.807, 2.05) is 23.1 Å². The van der Waals surface area contributed by atoms with E-state index in [2.05, 4.69) is 24.1 Å². The van der Waals surface area contributed by atoms with Crippen LogP contribution in [-0.2, 0) is 11.3 Å². The van der Waals surface area contributed by atoms with Crippen molar-refractivity contribution in [2.24, 2.45) is 11.3 Å². The van der Waals surface area contributed by atoms with Crippen molar-refractivity contribution in [2.75, 3.05) is 19.8 Å². The number of rotatable bonds is 5. The summed E-state index contributed by atoms with van der Waals surface area (Å²) in [7, 11) is 0. The van der Waals surface area contributed by atoms with Gasteiger partial charge in [0.2, 0.25) is 0 Å². The van der Waals surface area contributed by atoms with Crippen LogP contribution >= 0.6 is 0 Å². The standard InChI is InChI=1S/C18H27N3O2/c1-14(2)12-21(13-15-5-3-4-8-19-15)17(22)20-16-11-18(16)6-9-23-10-7-18/h3-5,8,14,16H,6-7,9-13H2,1-2H3,(H,20,22). The van der Waals surface area contributed by atoms with Crippen LogP contribution in [0.4, 0.5) is 4.79 Å². The van der Waals surface area contributed by atoms with Crippen LogP contribution in [0.1, 0.15) is 38.8 Å². The van der Waals surface area contributed by atoms with Gasteiger partial charge >= 0.3 is 6.03 Å². The number of amides is 2. The van der Waals surface area contributed by atoms with Crippen molar-refractivity contribution in [3.8, 4) is 0 Å². The first-order valence-corrected chi connectivity index (χ1v) is 8.62. The molecular formula is C18H27N3O2. The molecule has 1 spiro atoms. The average molecular weight is 317 g/mol. The second-order valence-corrected chi connectivity index (χ2v) is 7.28. The summed E-state index contributed by atoms with van der Waals surface area (Å²) in [6.07, 6.45) is 5.02. The molecule has 2 aliphatic rings. The molecule has 1 saturated heterocycles. The summed E-state index contributed by atoms with van der Waals surface area (Å²) < 4.78 is 5.45. The molecule has 5 heteroatoms. The van der Waals surface area contributed by atoms with Crippen LogP contribution in [-0.4, -0.2) is 41.7 Å². The van der Waals surface area contributed by atoms with Gasteiger partial charge in [0.25, 0.3) is 0 Å². The van der Waals surface area contributed by atoms with Gasteiger partial charge in [0.15, 0.2) is 0 Å². The third-order valence-corrected chi connectivity index (χ3v) is 4.93. The van der Waals surface area contributed by atoms with E-state index in [-0.39, 0.29) is 6.03 Å². The number of ether oxygens (including phenoxy) is 1. The third-order valence-electron chi connectivity index (χ3n) is 4.93. The van der Waals surface area contributed by atoms with Crippen LogP contribution in [0.15, 0.2) is 24.4 Å². The molecule has 1 aromatic rings. The Bertz CT molecular complexity index is 526. The normalized spacial score (nSPS) is 22.1. The first-order valence-electron chi connectivity index (χ1n) is 8.62. The molecule has 0 bridgehead atoms. The second kappa shape index (κ2) is 6.87. The van der Waals surface area contributed by atoms with Gasteiger partial charge < -0.3 is 15.0 Å². The summed E-state index contributed by atoms with van der Waals surface area (Å²) in [6.45, 7) is 7.23. The maximum atomic E-state index is 12.7. The number of pyridine rings is 1. The first kappa shape index (κ1) is 16.2. The maximum absolute atomic E-state index is 12.7. The minimum Gasteiger partial charge on any atom is -0.381 e. The molecule has 1 atom stereocenters. The Morgan fingerprint density at radius 1 is 1.43 bits per heavy atom. The summed E-state index contributed by atoms with van der Waals surface area (Å²) in [5, 5.41) is 3.24. The van der Waals surface area contributed by atoms with E-state index < -0.39 is 0 Å². The molecule has 0 radical (unpaired) electrons. The molecule has 5 nitrogen and oxygen atoms in total. The molecule has 1 aliphatic carbocycles. The van der Waals surface area contributed by atoms with Crippen LogP contribution in [0.3, 0.4) is 0 Å². The van der Waals surface area contributed by atoms with Gasteiger partial charge in [-0.2, -0.15) is 0 Å².